The molecule has 3 aromatic heterocycles. The lowest BCUT2D eigenvalue weighted by Crippen LogP contribution is -2.15. The molecule has 1 amide bonds. The van der Waals surface area contributed by atoms with Gasteiger partial charge in [0.05, 0.1) is 12.8 Å². The SMILES string of the molecule is O=C(Cc1cccnc1)Nc1ccccc1Cc1nc(-c2ccncc2)no1. The van der Waals surface area contributed by atoms with Gasteiger partial charge in [-0.2, -0.15) is 4.98 Å². The van der Waals surface area contributed by atoms with Crippen LogP contribution in [0.2, 0.25) is 0 Å². The lowest BCUT2D eigenvalue weighted by molar-refractivity contribution is -0.115. The summed E-state index contributed by atoms with van der Waals surface area (Å²) >= 11 is 0. The van der Waals surface area contributed by atoms with Crippen LogP contribution in [0.15, 0.2) is 77.8 Å². The molecule has 0 aliphatic rings. The topological polar surface area (TPSA) is 93.8 Å². The van der Waals surface area contributed by atoms with Gasteiger partial charge in [0.15, 0.2) is 0 Å². The zero-order valence-corrected chi connectivity index (χ0v) is 14.9. The quantitative estimate of drug-likeness (QED) is 0.559. The Labute approximate surface area is 161 Å². The van der Waals surface area contributed by atoms with Crippen LogP contribution in [-0.4, -0.2) is 26.0 Å². The maximum absolute atomic E-state index is 12.4. The van der Waals surface area contributed by atoms with E-state index in [2.05, 4.69) is 25.4 Å². The van der Waals surface area contributed by atoms with Crippen LogP contribution in [0.5, 0.6) is 0 Å². The van der Waals surface area contributed by atoms with E-state index in [1.807, 2.05) is 48.5 Å². The van der Waals surface area contributed by atoms with Crippen molar-refractivity contribution in [2.45, 2.75) is 12.8 Å². The van der Waals surface area contributed by atoms with Gasteiger partial charge < -0.3 is 9.84 Å². The van der Waals surface area contributed by atoms with Crippen molar-refractivity contribution in [2.75, 3.05) is 5.32 Å². The number of nitrogens with zero attached hydrogens (tertiary/aromatic N) is 4. The molecule has 0 radical (unpaired) electrons. The number of carbonyl (C=O) groups excluding carboxylic acids is 1. The normalized spacial score (nSPS) is 10.6. The monoisotopic (exact) mass is 371 g/mol. The van der Waals surface area contributed by atoms with Crippen molar-refractivity contribution in [3.63, 3.8) is 0 Å². The highest BCUT2D eigenvalue weighted by molar-refractivity contribution is 5.93. The third-order valence-corrected chi connectivity index (χ3v) is 4.13. The Balaban J connectivity index is 1.47. The Morgan fingerprint density at radius 2 is 1.82 bits per heavy atom. The Morgan fingerprint density at radius 1 is 0.964 bits per heavy atom. The van der Waals surface area contributed by atoms with Crippen LogP contribution in [0, 0.1) is 0 Å². The van der Waals surface area contributed by atoms with Gasteiger partial charge in [-0.1, -0.05) is 29.4 Å². The van der Waals surface area contributed by atoms with E-state index in [0.717, 1.165) is 22.4 Å². The number of benzene rings is 1. The molecule has 0 unspecified atom stereocenters. The summed E-state index contributed by atoms with van der Waals surface area (Å²) in [5.41, 5.74) is 3.31. The summed E-state index contributed by atoms with van der Waals surface area (Å²) in [5, 5.41) is 6.97. The zero-order chi connectivity index (χ0) is 19.2. The average molecular weight is 371 g/mol. The average Bonchev–Trinajstić information content (AvgIpc) is 3.19. The highest BCUT2D eigenvalue weighted by Crippen LogP contribution is 2.21. The van der Waals surface area contributed by atoms with E-state index >= 15 is 0 Å². The molecular formula is C21H17N5O2. The van der Waals surface area contributed by atoms with Gasteiger partial charge in [0.25, 0.3) is 0 Å². The number of carbonyl (C=O) groups is 1. The van der Waals surface area contributed by atoms with E-state index in [-0.39, 0.29) is 12.3 Å². The molecule has 0 fully saturated rings. The number of anilines is 1. The molecular weight excluding hydrogens is 354 g/mol. The highest BCUT2D eigenvalue weighted by atomic mass is 16.5. The van der Waals surface area contributed by atoms with Gasteiger partial charge in [-0.15, -0.1) is 0 Å². The predicted molar refractivity (Wildman–Crippen MR) is 103 cm³/mol. The Bertz CT molecular complexity index is 1060. The van der Waals surface area contributed by atoms with Gasteiger partial charge in [-0.05, 0) is 35.4 Å². The fourth-order valence-corrected chi connectivity index (χ4v) is 2.79. The van der Waals surface area contributed by atoms with E-state index < -0.39 is 0 Å². The molecule has 7 nitrogen and oxygen atoms in total. The first-order valence-electron chi connectivity index (χ1n) is 8.77. The molecule has 4 rings (SSSR count). The minimum Gasteiger partial charge on any atom is -0.339 e. The van der Waals surface area contributed by atoms with Crippen LogP contribution in [0.4, 0.5) is 5.69 Å². The predicted octanol–water partition coefficient (Wildman–Crippen LogP) is 3.30. The molecule has 0 saturated carbocycles. The van der Waals surface area contributed by atoms with Crippen molar-refractivity contribution in [3.05, 3.63) is 90.3 Å². The molecule has 1 N–H and O–H groups in total. The van der Waals surface area contributed by atoms with E-state index in [0.29, 0.717) is 18.1 Å². The van der Waals surface area contributed by atoms with Crippen LogP contribution in [0.3, 0.4) is 0 Å². The van der Waals surface area contributed by atoms with Gasteiger partial charge in [-0.3, -0.25) is 14.8 Å². The van der Waals surface area contributed by atoms with E-state index in [9.17, 15) is 4.79 Å². The molecule has 3 heterocycles. The van der Waals surface area contributed by atoms with Gasteiger partial charge in [-0.25, -0.2) is 0 Å². The largest absolute Gasteiger partial charge is 0.339 e. The summed E-state index contributed by atoms with van der Waals surface area (Å²) in [6, 6.07) is 14.9. The number of hydrogen-bond donors (Lipinski definition) is 1. The number of aromatic nitrogens is 4. The van der Waals surface area contributed by atoms with Crippen molar-refractivity contribution in [3.8, 4) is 11.4 Å². The van der Waals surface area contributed by atoms with Crippen LogP contribution < -0.4 is 5.32 Å². The number of nitrogens with one attached hydrogen (secondary N) is 1. The minimum absolute atomic E-state index is 0.108. The Kier molecular flexibility index (Phi) is 5.15. The van der Waals surface area contributed by atoms with Crippen molar-refractivity contribution in [2.24, 2.45) is 0 Å². The van der Waals surface area contributed by atoms with Crippen molar-refractivity contribution in [1.82, 2.24) is 20.1 Å². The number of amides is 1. The summed E-state index contributed by atoms with van der Waals surface area (Å²) in [5.74, 6) is 0.875. The second kappa shape index (κ2) is 8.22. The molecule has 0 saturated heterocycles. The van der Waals surface area contributed by atoms with E-state index in [1.54, 1.807) is 24.8 Å². The van der Waals surface area contributed by atoms with Gasteiger partial charge in [0.1, 0.15) is 0 Å². The van der Waals surface area contributed by atoms with Crippen molar-refractivity contribution in [1.29, 1.82) is 0 Å². The molecule has 0 aliphatic carbocycles. The molecule has 0 aliphatic heterocycles. The van der Waals surface area contributed by atoms with E-state index in [4.69, 9.17) is 4.52 Å². The van der Waals surface area contributed by atoms with Crippen LogP contribution in [0.25, 0.3) is 11.4 Å². The first-order chi connectivity index (χ1) is 13.8. The maximum Gasteiger partial charge on any atom is 0.231 e. The maximum atomic E-state index is 12.4. The molecule has 28 heavy (non-hydrogen) atoms. The molecule has 7 heteroatoms. The smallest absolute Gasteiger partial charge is 0.231 e. The van der Waals surface area contributed by atoms with Crippen LogP contribution in [0.1, 0.15) is 17.0 Å². The van der Waals surface area contributed by atoms with Crippen molar-refractivity contribution >= 4 is 11.6 Å². The Morgan fingerprint density at radius 3 is 2.64 bits per heavy atom. The summed E-state index contributed by atoms with van der Waals surface area (Å²) < 4.78 is 5.38. The molecule has 138 valence electrons. The lowest BCUT2D eigenvalue weighted by atomic mass is 10.1. The van der Waals surface area contributed by atoms with Crippen LogP contribution in [-0.2, 0) is 17.6 Å². The van der Waals surface area contributed by atoms with Crippen LogP contribution >= 0.6 is 0 Å². The second-order valence-corrected chi connectivity index (χ2v) is 6.17. The summed E-state index contributed by atoms with van der Waals surface area (Å²) in [6.07, 6.45) is 7.40. The van der Waals surface area contributed by atoms with Gasteiger partial charge >= 0.3 is 0 Å². The second-order valence-electron chi connectivity index (χ2n) is 6.17. The van der Waals surface area contributed by atoms with Crippen molar-refractivity contribution < 1.29 is 9.32 Å². The molecule has 4 aromatic rings. The fourth-order valence-electron chi connectivity index (χ4n) is 2.79. The Hall–Kier alpha value is -3.87. The number of pyridine rings is 2. The van der Waals surface area contributed by atoms with E-state index in [1.165, 1.54) is 0 Å². The minimum atomic E-state index is -0.108. The number of rotatable bonds is 6. The number of hydrogen-bond acceptors (Lipinski definition) is 6. The van der Waals surface area contributed by atoms with Gasteiger partial charge in [0, 0.05) is 36.0 Å². The summed E-state index contributed by atoms with van der Waals surface area (Å²) in [6.45, 7) is 0. The number of para-hydroxylation sites is 1. The fraction of sp³-hybridized carbons (Fsp3) is 0.0952. The van der Waals surface area contributed by atoms with Gasteiger partial charge in [0.2, 0.25) is 17.6 Å². The molecule has 0 atom stereocenters. The first kappa shape index (κ1) is 17.5. The third kappa shape index (κ3) is 4.27. The molecule has 1 aromatic carbocycles. The summed E-state index contributed by atoms with van der Waals surface area (Å²) in [4.78, 5) is 24.8. The highest BCUT2D eigenvalue weighted by Gasteiger charge is 2.13. The zero-order valence-electron chi connectivity index (χ0n) is 14.9. The standard InChI is InChI=1S/C21H17N5O2/c27-19(12-15-4-3-9-23-14-15)24-18-6-2-1-5-17(18)13-20-25-21(26-28-20)16-7-10-22-11-8-16/h1-11,14H,12-13H2,(H,24,27). The lowest BCUT2D eigenvalue weighted by Gasteiger charge is -2.09. The first-order valence-corrected chi connectivity index (χ1v) is 8.77. The summed E-state index contributed by atoms with van der Waals surface area (Å²) in [7, 11) is 0. The molecule has 0 bridgehead atoms. The molecule has 0 spiro atoms. The third-order valence-electron chi connectivity index (χ3n) is 4.13.